The molecule has 16 heavy (non-hydrogen) atoms. The van der Waals surface area contributed by atoms with Crippen LogP contribution in [0.25, 0.3) is 0 Å². The molecule has 0 amide bonds. The molecule has 1 aliphatic rings. The van der Waals surface area contributed by atoms with Gasteiger partial charge < -0.3 is 10.4 Å². The Morgan fingerprint density at radius 3 is 2.81 bits per heavy atom. The van der Waals surface area contributed by atoms with Gasteiger partial charge in [-0.1, -0.05) is 0 Å². The topological polar surface area (TPSA) is 45.1 Å². The lowest BCUT2D eigenvalue weighted by Gasteiger charge is -2.31. The number of aromatic nitrogens is 1. The minimum atomic E-state index is -0.0654. The van der Waals surface area contributed by atoms with E-state index in [1.54, 1.807) is 6.20 Å². The Hall–Kier alpha value is 0.0300. The molecule has 0 radical (unpaired) electrons. The lowest BCUT2D eigenvalue weighted by molar-refractivity contribution is 0.0429. The summed E-state index contributed by atoms with van der Waals surface area (Å²) in [7, 11) is 0. The fraction of sp³-hybridized carbons (Fsp3) is 0.545. The Morgan fingerprint density at radius 2 is 2.19 bits per heavy atom. The first-order valence-electron chi connectivity index (χ1n) is 5.34. The average molecular weight is 350 g/mol. The van der Waals surface area contributed by atoms with Crippen LogP contribution in [0.2, 0.25) is 0 Å². The van der Waals surface area contributed by atoms with Gasteiger partial charge in [0.1, 0.15) is 0 Å². The lowest BCUT2D eigenvalue weighted by Crippen LogP contribution is -2.36. The third-order valence-corrected chi connectivity index (χ3v) is 3.94. The Labute approximate surface area is 112 Å². The molecule has 0 saturated heterocycles. The SMILES string of the molecule is OC1CC(CNCc2ncc(Br)cc2Br)C1. The number of nitrogens with zero attached hydrogens (tertiary/aromatic N) is 1. The van der Waals surface area contributed by atoms with Crippen molar-refractivity contribution in [1.29, 1.82) is 0 Å². The van der Waals surface area contributed by atoms with Gasteiger partial charge in [0.2, 0.25) is 0 Å². The molecular formula is C11H14Br2N2O. The van der Waals surface area contributed by atoms with Crippen molar-refractivity contribution in [1.82, 2.24) is 10.3 Å². The summed E-state index contributed by atoms with van der Waals surface area (Å²) >= 11 is 6.86. The summed E-state index contributed by atoms with van der Waals surface area (Å²) in [5.41, 5.74) is 1.02. The van der Waals surface area contributed by atoms with Crippen LogP contribution in [0.5, 0.6) is 0 Å². The molecule has 3 nitrogen and oxygen atoms in total. The number of halogens is 2. The second-order valence-electron chi connectivity index (χ2n) is 4.20. The second kappa shape index (κ2) is 5.58. The van der Waals surface area contributed by atoms with Gasteiger partial charge in [-0.3, -0.25) is 4.98 Å². The normalized spacial score (nSPS) is 24.2. The van der Waals surface area contributed by atoms with Crippen LogP contribution < -0.4 is 5.32 Å². The van der Waals surface area contributed by atoms with Crippen LogP contribution in [0.3, 0.4) is 0 Å². The highest BCUT2D eigenvalue weighted by atomic mass is 79.9. The standard InChI is InChI=1S/C11H14Br2N2O/c12-8-3-10(13)11(15-5-8)6-14-4-7-1-9(16)2-7/h3,5,7,9,14,16H,1-2,4,6H2. The number of aliphatic hydroxyl groups is 1. The fourth-order valence-corrected chi connectivity index (χ4v) is 2.96. The van der Waals surface area contributed by atoms with Crippen molar-refractivity contribution in [3.63, 3.8) is 0 Å². The van der Waals surface area contributed by atoms with E-state index in [4.69, 9.17) is 5.11 Å². The summed E-state index contributed by atoms with van der Waals surface area (Å²) < 4.78 is 1.99. The van der Waals surface area contributed by atoms with Crippen LogP contribution in [0, 0.1) is 5.92 Å². The van der Waals surface area contributed by atoms with Gasteiger partial charge in [0.25, 0.3) is 0 Å². The average Bonchev–Trinajstić information content (AvgIpc) is 2.18. The first-order chi connectivity index (χ1) is 7.65. The van der Waals surface area contributed by atoms with E-state index >= 15 is 0 Å². The molecule has 1 heterocycles. The minimum absolute atomic E-state index is 0.0654. The predicted octanol–water partition coefficient (Wildman–Crippen LogP) is 2.47. The summed E-state index contributed by atoms with van der Waals surface area (Å²) in [6, 6.07) is 2.00. The Kier molecular flexibility index (Phi) is 4.35. The maximum Gasteiger partial charge on any atom is 0.0684 e. The third-order valence-electron chi connectivity index (χ3n) is 2.82. The smallest absolute Gasteiger partial charge is 0.0684 e. The van der Waals surface area contributed by atoms with Crippen molar-refractivity contribution in [2.24, 2.45) is 5.92 Å². The zero-order valence-electron chi connectivity index (χ0n) is 8.79. The Bertz CT molecular complexity index is 367. The van der Waals surface area contributed by atoms with Gasteiger partial charge in [0, 0.05) is 21.7 Å². The molecule has 0 bridgehead atoms. The predicted molar refractivity (Wildman–Crippen MR) is 70.1 cm³/mol. The highest BCUT2D eigenvalue weighted by Crippen LogP contribution is 2.26. The van der Waals surface area contributed by atoms with E-state index in [1.165, 1.54) is 0 Å². The van der Waals surface area contributed by atoms with E-state index in [2.05, 4.69) is 42.2 Å². The van der Waals surface area contributed by atoms with E-state index in [9.17, 15) is 0 Å². The Morgan fingerprint density at radius 1 is 1.44 bits per heavy atom. The Balaban J connectivity index is 1.76. The number of aliphatic hydroxyl groups excluding tert-OH is 1. The molecule has 88 valence electrons. The largest absolute Gasteiger partial charge is 0.393 e. The summed E-state index contributed by atoms with van der Waals surface area (Å²) in [6.45, 7) is 1.72. The van der Waals surface area contributed by atoms with Gasteiger partial charge in [-0.25, -0.2) is 0 Å². The third kappa shape index (κ3) is 3.26. The first-order valence-corrected chi connectivity index (χ1v) is 6.92. The van der Waals surface area contributed by atoms with Crippen molar-refractivity contribution in [2.45, 2.75) is 25.5 Å². The van der Waals surface area contributed by atoms with E-state index in [0.717, 1.165) is 40.6 Å². The van der Waals surface area contributed by atoms with Crippen molar-refractivity contribution in [2.75, 3.05) is 6.54 Å². The highest BCUT2D eigenvalue weighted by molar-refractivity contribution is 9.11. The molecular weight excluding hydrogens is 336 g/mol. The minimum Gasteiger partial charge on any atom is -0.393 e. The van der Waals surface area contributed by atoms with Gasteiger partial charge in [0.15, 0.2) is 0 Å². The van der Waals surface area contributed by atoms with Gasteiger partial charge in [-0.2, -0.15) is 0 Å². The second-order valence-corrected chi connectivity index (χ2v) is 5.97. The van der Waals surface area contributed by atoms with Gasteiger partial charge in [0.05, 0.1) is 11.8 Å². The number of rotatable bonds is 4. The van der Waals surface area contributed by atoms with Gasteiger partial charge in [-0.15, -0.1) is 0 Å². The van der Waals surface area contributed by atoms with Crippen LogP contribution in [0.4, 0.5) is 0 Å². The summed E-state index contributed by atoms with van der Waals surface area (Å²) in [5.74, 6) is 0.629. The zero-order valence-corrected chi connectivity index (χ0v) is 12.0. The molecule has 2 rings (SSSR count). The van der Waals surface area contributed by atoms with E-state index in [-0.39, 0.29) is 6.10 Å². The molecule has 0 spiro atoms. The van der Waals surface area contributed by atoms with Crippen molar-refractivity contribution in [3.05, 3.63) is 26.9 Å². The first kappa shape index (κ1) is 12.5. The van der Waals surface area contributed by atoms with Gasteiger partial charge in [-0.05, 0) is 63.2 Å². The molecule has 1 aromatic rings. The molecule has 0 atom stereocenters. The number of hydrogen-bond donors (Lipinski definition) is 2. The van der Waals surface area contributed by atoms with E-state index in [1.807, 2.05) is 6.07 Å². The highest BCUT2D eigenvalue weighted by Gasteiger charge is 2.26. The number of hydrogen-bond acceptors (Lipinski definition) is 3. The lowest BCUT2D eigenvalue weighted by atomic mass is 9.82. The molecule has 0 aliphatic heterocycles. The molecule has 1 aromatic heterocycles. The van der Waals surface area contributed by atoms with Crippen molar-refractivity contribution >= 4 is 31.9 Å². The molecule has 2 N–H and O–H groups in total. The van der Waals surface area contributed by atoms with Crippen LogP contribution in [-0.2, 0) is 6.54 Å². The summed E-state index contributed by atoms with van der Waals surface area (Å²) in [4.78, 5) is 4.33. The monoisotopic (exact) mass is 348 g/mol. The number of nitrogens with one attached hydrogen (secondary N) is 1. The maximum absolute atomic E-state index is 9.16. The number of pyridine rings is 1. The summed E-state index contributed by atoms with van der Waals surface area (Å²) in [6.07, 6.45) is 3.60. The summed E-state index contributed by atoms with van der Waals surface area (Å²) in [5, 5.41) is 12.5. The molecule has 5 heteroatoms. The molecule has 1 fully saturated rings. The molecule has 1 saturated carbocycles. The zero-order chi connectivity index (χ0) is 11.5. The quantitative estimate of drug-likeness (QED) is 0.877. The van der Waals surface area contributed by atoms with Crippen LogP contribution in [0.15, 0.2) is 21.2 Å². The fourth-order valence-electron chi connectivity index (χ4n) is 1.83. The van der Waals surface area contributed by atoms with Crippen LogP contribution >= 0.6 is 31.9 Å². The van der Waals surface area contributed by atoms with E-state index in [0.29, 0.717) is 5.92 Å². The molecule has 1 aliphatic carbocycles. The van der Waals surface area contributed by atoms with Crippen molar-refractivity contribution in [3.8, 4) is 0 Å². The van der Waals surface area contributed by atoms with E-state index < -0.39 is 0 Å². The molecule has 0 unspecified atom stereocenters. The maximum atomic E-state index is 9.16. The van der Waals surface area contributed by atoms with Gasteiger partial charge >= 0.3 is 0 Å². The van der Waals surface area contributed by atoms with Crippen molar-refractivity contribution < 1.29 is 5.11 Å². The van der Waals surface area contributed by atoms with Crippen LogP contribution in [-0.4, -0.2) is 22.7 Å². The molecule has 0 aromatic carbocycles. The van der Waals surface area contributed by atoms with Crippen LogP contribution in [0.1, 0.15) is 18.5 Å².